The summed E-state index contributed by atoms with van der Waals surface area (Å²) in [5.74, 6) is -0.117. The van der Waals surface area contributed by atoms with Gasteiger partial charge in [-0.3, -0.25) is 4.79 Å². The number of carbonyl (C=O) groups is 2. The van der Waals surface area contributed by atoms with Crippen molar-refractivity contribution in [3.8, 4) is 0 Å². The van der Waals surface area contributed by atoms with Gasteiger partial charge in [0.05, 0.1) is 10.7 Å². The van der Waals surface area contributed by atoms with Crippen molar-refractivity contribution >= 4 is 29.2 Å². The van der Waals surface area contributed by atoms with Crippen LogP contribution in [0.25, 0.3) is 0 Å². The molecule has 0 bridgehead atoms. The smallest absolute Gasteiger partial charge is 0.318 e. The fourth-order valence-corrected chi connectivity index (χ4v) is 2.63. The highest BCUT2D eigenvalue weighted by atomic mass is 35.5. The number of amides is 3. The standard InChI is InChI=1S/C15H20ClN3O2/c1-10(2)17-15(21)18-8-9-19(14(20)11(18)3)13-7-5-4-6-12(13)16/h4-7,10-11H,8-9H2,1-3H3,(H,17,21)/t11-/m0/s1. The zero-order valence-corrected chi connectivity index (χ0v) is 13.2. The molecule has 114 valence electrons. The van der Waals surface area contributed by atoms with Crippen LogP contribution < -0.4 is 10.2 Å². The number of piperazine rings is 1. The predicted octanol–water partition coefficient (Wildman–Crippen LogP) is 2.50. The van der Waals surface area contributed by atoms with Crippen molar-refractivity contribution in [2.45, 2.75) is 32.9 Å². The quantitative estimate of drug-likeness (QED) is 0.912. The molecule has 5 nitrogen and oxygen atoms in total. The molecule has 1 heterocycles. The minimum absolute atomic E-state index is 0.0430. The normalized spacial score (nSPS) is 19.1. The van der Waals surface area contributed by atoms with Gasteiger partial charge in [-0.2, -0.15) is 0 Å². The molecule has 1 atom stereocenters. The molecular weight excluding hydrogens is 290 g/mol. The summed E-state index contributed by atoms with van der Waals surface area (Å²) in [6, 6.07) is 6.58. The van der Waals surface area contributed by atoms with Gasteiger partial charge in [0, 0.05) is 19.1 Å². The first kappa shape index (κ1) is 15.6. The van der Waals surface area contributed by atoms with Crippen molar-refractivity contribution in [2.75, 3.05) is 18.0 Å². The van der Waals surface area contributed by atoms with E-state index in [0.29, 0.717) is 23.8 Å². The number of hydrogen-bond donors (Lipinski definition) is 1. The van der Waals surface area contributed by atoms with Gasteiger partial charge in [0.2, 0.25) is 5.91 Å². The lowest BCUT2D eigenvalue weighted by atomic mass is 10.1. The Morgan fingerprint density at radius 1 is 1.33 bits per heavy atom. The molecule has 1 aromatic carbocycles. The maximum atomic E-state index is 12.5. The van der Waals surface area contributed by atoms with Crippen LogP contribution in [0, 0.1) is 0 Å². The van der Waals surface area contributed by atoms with Gasteiger partial charge >= 0.3 is 6.03 Å². The average molecular weight is 310 g/mol. The molecule has 21 heavy (non-hydrogen) atoms. The van der Waals surface area contributed by atoms with Gasteiger partial charge in [-0.15, -0.1) is 0 Å². The Bertz CT molecular complexity index is 547. The first-order valence-corrected chi connectivity index (χ1v) is 7.42. The van der Waals surface area contributed by atoms with Crippen LogP contribution in [-0.4, -0.2) is 42.0 Å². The van der Waals surface area contributed by atoms with E-state index >= 15 is 0 Å². The number of para-hydroxylation sites is 1. The maximum Gasteiger partial charge on any atom is 0.318 e. The SMILES string of the molecule is CC(C)NC(=O)N1CCN(c2ccccc2Cl)C(=O)[C@@H]1C. The van der Waals surface area contributed by atoms with Gasteiger partial charge in [0.1, 0.15) is 6.04 Å². The van der Waals surface area contributed by atoms with Gasteiger partial charge in [0.25, 0.3) is 0 Å². The number of carbonyl (C=O) groups excluding carboxylic acids is 2. The van der Waals surface area contributed by atoms with Crippen LogP contribution >= 0.6 is 11.6 Å². The molecule has 6 heteroatoms. The Morgan fingerprint density at radius 2 is 2.00 bits per heavy atom. The van der Waals surface area contributed by atoms with E-state index < -0.39 is 6.04 Å². The molecule has 0 saturated carbocycles. The molecule has 1 fully saturated rings. The monoisotopic (exact) mass is 309 g/mol. The number of nitrogens with zero attached hydrogens (tertiary/aromatic N) is 2. The van der Waals surface area contributed by atoms with Gasteiger partial charge in [-0.25, -0.2) is 4.79 Å². The van der Waals surface area contributed by atoms with Gasteiger partial charge in [0.15, 0.2) is 0 Å². The van der Waals surface area contributed by atoms with Crippen LogP contribution in [0.3, 0.4) is 0 Å². The van der Waals surface area contributed by atoms with Crippen LogP contribution in [-0.2, 0) is 4.79 Å². The Hall–Kier alpha value is -1.75. The van der Waals surface area contributed by atoms with Crippen molar-refractivity contribution in [3.63, 3.8) is 0 Å². The van der Waals surface area contributed by atoms with E-state index in [-0.39, 0.29) is 18.0 Å². The molecule has 0 unspecified atom stereocenters. The number of urea groups is 1. The highest BCUT2D eigenvalue weighted by Gasteiger charge is 2.35. The Morgan fingerprint density at radius 3 is 2.62 bits per heavy atom. The van der Waals surface area contributed by atoms with E-state index in [0.717, 1.165) is 0 Å². The maximum absolute atomic E-state index is 12.5. The minimum atomic E-state index is -0.506. The second kappa shape index (κ2) is 6.35. The molecule has 0 radical (unpaired) electrons. The number of nitrogens with one attached hydrogen (secondary N) is 1. The van der Waals surface area contributed by atoms with Gasteiger partial charge in [-0.1, -0.05) is 23.7 Å². The summed E-state index contributed by atoms with van der Waals surface area (Å²) in [6.45, 7) is 6.45. The van der Waals surface area contributed by atoms with Crippen LogP contribution in [0.1, 0.15) is 20.8 Å². The molecule has 0 aromatic heterocycles. The lowest BCUT2D eigenvalue weighted by molar-refractivity contribution is -0.124. The second-order valence-corrected chi connectivity index (χ2v) is 5.82. The van der Waals surface area contributed by atoms with Crippen LogP contribution in [0.5, 0.6) is 0 Å². The van der Waals surface area contributed by atoms with Crippen molar-refractivity contribution in [3.05, 3.63) is 29.3 Å². The van der Waals surface area contributed by atoms with Crippen LogP contribution in [0.15, 0.2) is 24.3 Å². The lowest BCUT2D eigenvalue weighted by Gasteiger charge is -2.39. The van der Waals surface area contributed by atoms with E-state index in [1.54, 1.807) is 22.8 Å². The topological polar surface area (TPSA) is 52.7 Å². The Kier molecular flexibility index (Phi) is 4.73. The Balaban J connectivity index is 2.15. The first-order valence-electron chi connectivity index (χ1n) is 7.05. The van der Waals surface area contributed by atoms with E-state index in [1.807, 2.05) is 32.0 Å². The summed E-state index contributed by atoms with van der Waals surface area (Å²) in [6.07, 6.45) is 0. The molecule has 1 aliphatic heterocycles. The third kappa shape index (κ3) is 3.29. The summed E-state index contributed by atoms with van der Waals surface area (Å²) in [7, 11) is 0. The summed E-state index contributed by atoms with van der Waals surface area (Å²) in [5.41, 5.74) is 0.694. The minimum Gasteiger partial charge on any atom is -0.336 e. The molecule has 3 amide bonds. The zero-order chi connectivity index (χ0) is 15.6. The van der Waals surface area contributed by atoms with Crippen molar-refractivity contribution in [2.24, 2.45) is 0 Å². The summed E-state index contributed by atoms with van der Waals surface area (Å²) in [4.78, 5) is 27.8. The number of rotatable bonds is 2. The van der Waals surface area contributed by atoms with Gasteiger partial charge < -0.3 is 15.1 Å². The average Bonchev–Trinajstić information content (AvgIpc) is 2.42. The summed E-state index contributed by atoms with van der Waals surface area (Å²) in [5, 5.41) is 3.36. The number of benzene rings is 1. The Labute approximate surface area is 129 Å². The van der Waals surface area contributed by atoms with E-state index in [9.17, 15) is 9.59 Å². The van der Waals surface area contributed by atoms with E-state index in [1.165, 1.54) is 0 Å². The zero-order valence-electron chi connectivity index (χ0n) is 12.5. The molecule has 0 spiro atoms. The summed E-state index contributed by atoms with van der Waals surface area (Å²) < 4.78 is 0. The fourth-order valence-electron chi connectivity index (χ4n) is 2.39. The molecule has 1 aliphatic rings. The third-order valence-electron chi connectivity index (χ3n) is 3.47. The number of hydrogen-bond acceptors (Lipinski definition) is 2. The largest absolute Gasteiger partial charge is 0.336 e. The first-order chi connectivity index (χ1) is 9.91. The van der Waals surface area contributed by atoms with Crippen molar-refractivity contribution in [1.29, 1.82) is 0 Å². The molecule has 0 aliphatic carbocycles. The van der Waals surface area contributed by atoms with Crippen LogP contribution in [0.4, 0.5) is 10.5 Å². The second-order valence-electron chi connectivity index (χ2n) is 5.41. The van der Waals surface area contributed by atoms with Crippen LogP contribution in [0.2, 0.25) is 5.02 Å². The number of halogens is 1. The third-order valence-corrected chi connectivity index (χ3v) is 3.79. The molecular formula is C15H20ClN3O2. The number of anilines is 1. The van der Waals surface area contributed by atoms with E-state index in [4.69, 9.17) is 11.6 Å². The van der Waals surface area contributed by atoms with Crippen molar-refractivity contribution in [1.82, 2.24) is 10.2 Å². The van der Waals surface area contributed by atoms with Crippen molar-refractivity contribution < 1.29 is 9.59 Å². The predicted molar refractivity (Wildman–Crippen MR) is 83.6 cm³/mol. The molecule has 1 aromatic rings. The molecule has 1 saturated heterocycles. The summed E-state index contributed by atoms with van der Waals surface area (Å²) >= 11 is 6.15. The highest BCUT2D eigenvalue weighted by molar-refractivity contribution is 6.33. The lowest BCUT2D eigenvalue weighted by Crippen LogP contribution is -2.60. The van der Waals surface area contributed by atoms with E-state index in [2.05, 4.69) is 5.32 Å². The molecule has 1 N–H and O–H groups in total. The fraction of sp³-hybridized carbons (Fsp3) is 0.467. The highest BCUT2D eigenvalue weighted by Crippen LogP contribution is 2.28. The van der Waals surface area contributed by atoms with Gasteiger partial charge in [-0.05, 0) is 32.9 Å². The molecule has 2 rings (SSSR count).